The summed E-state index contributed by atoms with van der Waals surface area (Å²) in [5.74, 6) is -0.0199. The minimum Gasteiger partial charge on any atom is -0.383 e. The first-order valence-corrected chi connectivity index (χ1v) is 11.7. The molecule has 0 saturated carbocycles. The number of amides is 2. The number of ether oxygens (including phenoxy) is 1. The molecule has 0 fully saturated rings. The van der Waals surface area contributed by atoms with Crippen molar-refractivity contribution in [2.75, 3.05) is 26.8 Å². The molecular formula is C26H39N3O3. The van der Waals surface area contributed by atoms with E-state index in [2.05, 4.69) is 55.8 Å². The Morgan fingerprint density at radius 2 is 1.84 bits per heavy atom. The number of hydrogen-bond acceptors (Lipinski definition) is 3. The van der Waals surface area contributed by atoms with E-state index >= 15 is 0 Å². The van der Waals surface area contributed by atoms with Gasteiger partial charge in [-0.2, -0.15) is 0 Å². The van der Waals surface area contributed by atoms with E-state index in [4.69, 9.17) is 4.74 Å². The minimum atomic E-state index is -0.0245. The van der Waals surface area contributed by atoms with E-state index in [-0.39, 0.29) is 24.4 Å². The second-order valence-electron chi connectivity index (χ2n) is 8.39. The number of benzene rings is 1. The smallest absolute Gasteiger partial charge is 0.242 e. The van der Waals surface area contributed by atoms with E-state index in [9.17, 15) is 9.59 Å². The fourth-order valence-corrected chi connectivity index (χ4v) is 3.72. The average Bonchev–Trinajstić information content (AvgIpc) is 3.22. The fraction of sp³-hybridized carbons (Fsp3) is 0.538. The van der Waals surface area contributed by atoms with Gasteiger partial charge in [0.2, 0.25) is 11.8 Å². The molecule has 176 valence electrons. The second kappa shape index (κ2) is 13.1. The van der Waals surface area contributed by atoms with Crippen molar-refractivity contribution in [3.8, 4) is 0 Å². The number of methoxy groups -OCH3 is 1. The van der Waals surface area contributed by atoms with Gasteiger partial charge in [-0.1, -0.05) is 38.1 Å². The predicted molar refractivity (Wildman–Crippen MR) is 128 cm³/mol. The van der Waals surface area contributed by atoms with Gasteiger partial charge in [0.1, 0.15) is 0 Å². The summed E-state index contributed by atoms with van der Waals surface area (Å²) in [6.45, 7) is 10.5. The Bertz CT molecular complexity index is 862. The van der Waals surface area contributed by atoms with Gasteiger partial charge in [0.05, 0.1) is 19.7 Å². The highest BCUT2D eigenvalue weighted by Crippen LogP contribution is 2.16. The summed E-state index contributed by atoms with van der Waals surface area (Å²) < 4.78 is 7.36. The van der Waals surface area contributed by atoms with Crippen LogP contribution in [0.3, 0.4) is 0 Å². The highest BCUT2D eigenvalue weighted by molar-refractivity contribution is 5.85. The summed E-state index contributed by atoms with van der Waals surface area (Å²) in [7, 11) is 1.61. The van der Waals surface area contributed by atoms with Crippen LogP contribution in [0.25, 0.3) is 0 Å². The van der Waals surface area contributed by atoms with Crippen molar-refractivity contribution in [2.24, 2.45) is 0 Å². The molecule has 0 bridgehead atoms. The Kier molecular flexibility index (Phi) is 10.5. The number of carbonyl (C=O) groups excluding carboxylic acids is 2. The van der Waals surface area contributed by atoms with Crippen LogP contribution >= 0.6 is 0 Å². The normalized spacial score (nSPS) is 11.9. The third-order valence-corrected chi connectivity index (χ3v) is 6.01. The van der Waals surface area contributed by atoms with E-state index in [1.165, 1.54) is 11.1 Å². The lowest BCUT2D eigenvalue weighted by molar-refractivity contribution is -0.142. The zero-order valence-corrected chi connectivity index (χ0v) is 20.3. The highest BCUT2D eigenvalue weighted by atomic mass is 16.5. The van der Waals surface area contributed by atoms with E-state index in [1.807, 2.05) is 24.0 Å². The standard InChI is InChI=1S/C26H39N3O3/c1-6-11-25(30)28(16-17-32-5)20-26(31)29(22(4)7-2)19-24-14-10-15-27(24)18-23-13-9-8-12-21(23)3/h8-10,12-15,22H,6-7,11,16-20H2,1-5H3. The van der Waals surface area contributed by atoms with Crippen molar-refractivity contribution >= 4 is 11.8 Å². The van der Waals surface area contributed by atoms with E-state index in [0.717, 1.165) is 25.1 Å². The van der Waals surface area contributed by atoms with Crippen LogP contribution in [-0.2, 0) is 27.4 Å². The van der Waals surface area contributed by atoms with E-state index in [1.54, 1.807) is 12.0 Å². The first kappa shape index (κ1) is 25.7. The Hall–Kier alpha value is -2.60. The number of aryl methyl sites for hydroxylation is 1. The summed E-state index contributed by atoms with van der Waals surface area (Å²) in [5.41, 5.74) is 3.61. The molecule has 0 aliphatic carbocycles. The molecular weight excluding hydrogens is 402 g/mol. The molecule has 6 nitrogen and oxygen atoms in total. The van der Waals surface area contributed by atoms with Gasteiger partial charge >= 0.3 is 0 Å². The third-order valence-electron chi connectivity index (χ3n) is 6.01. The first-order valence-electron chi connectivity index (χ1n) is 11.7. The molecule has 1 aromatic carbocycles. The van der Waals surface area contributed by atoms with Crippen LogP contribution in [0.15, 0.2) is 42.6 Å². The molecule has 0 N–H and O–H groups in total. The van der Waals surface area contributed by atoms with Crippen LogP contribution in [0.1, 0.15) is 56.9 Å². The Morgan fingerprint density at radius 3 is 2.50 bits per heavy atom. The van der Waals surface area contributed by atoms with Gasteiger partial charge in [-0.15, -0.1) is 0 Å². The Morgan fingerprint density at radius 1 is 1.09 bits per heavy atom. The Balaban J connectivity index is 2.18. The van der Waals surface area contributed by atoms with Crippen LogP contribution < -0.4 is 0 Å². The summed E-state index contributed by atoms with van der Waals surface area (Å²) >= 11 is 0. The van der Waals surface area contributed by atoms with E-state index in [0.29, 0.717) is 26.1 Å². The molecule has 0 aliphatic rings. The molecule has 0 spiro atoms. The molecule has 32 heavy (non-hydrogen) atoms. The quantitative estimate of drug-likeness (QED) is 0.467. The molecule has 2 amide bonds. The monoisotopic (exact) mass is 441 g/mol. The zero-order chi connectivity index (χ0) is 23.5. The average molecular weight is 442 g/mol. The van der Waals surface area contributed by atoms with Gasteiger partial charge in [-0.3, -0.25) is 9.59 Å². The lowest BCUT2D eigenvalue weighted by atomic mass is 10.1. The molecule has 2 rings (SSSR count). The molecule has 1 aromatic heterocycles. The molecule has 1 atom stereocenters. The van der Waals surface area contributed by atoms with Crippen molar-refractivity contribution < 1.29 is 14.3 Å². The third kappa shape index (κ3) is 7.23. The number of rotatable bonds is 13. The Labute approximate surface area is 193 Å². The first-order chi connectivity index (χ1) is 15.4. The molecule has 0 saturated heterocycles. The molecule has 6 heteroatoms. The van der Waals surface area contributed by atoms with E-state index < -0.39 is 0 Å². The van der Waals surface area contributed by atoms with Crippen LogP contribution in [0.4, 0.5) is 0 Å². The van der Waals surface area contributed by atoms with Gasteiger partial charge in [0.25, 0.3) is 0 Å². The highest BCUT2D eigenvalue weighted by Gasteiger charge is 2.24. The van der Waals surface area contributed by atoms with Crippen molar-refractivity contribution in [3.05, 3.63) is 59.4 Å². The van der Waals surface area contributed by atoms with Gasteiger partial charge in [0, 0.05) is 44.6 Å². The zero-order valence-electron chi connectivity index (χ0n) is 20.3. The van der Waals surface area contributed by atoms with Crippen LogP contribution in [-0.4, -0.2) is 59.0 Å². The topological polar surface area (TPSA) is 54.8 Å². The maximum absolute atomic E-state index is 13.4. The lowest BCUT2D eigenvalue weighted by Gasteiger charge is -2.32. The van der Waals surface area contributed by atoms with Crippen molar-refractivity contribution in [2.45, 2.75) is 66.1 Å². The second-order valence-corrected chi connectivity index (χ2v) is 8.39. The number of aromatic nitrogens is 1. The number of nitrogens with zero attached hydrogens (tertiary/aromatic N) is 3. The number of hydrogen-bond donors (Lipinski definition) is 0. The van der Waals surface area contributed by atoms with Crippen LogP contribution in [0.5, 0.6) is 0 Å². The predicted octanol–water partition coefficient (Wildman–Crippen LogP) is 4.25. The van der Waals surface area contributed by atoms with Crippen LogP contribution in [0, 0.1) is 6.92 Å². The van der Waals surface area contributed by atoms with Crippen LogP contribution in [0.2, 0.25) is 0 Å². The summed E-state index contributed by atoms with van der Waals surface area (Å²) in [5, 5.41) is 0. The molecule has 2 aromatic rings. The van der Waals surface area contributed by atoms with Gasteiger partial charge in [0.15, 0.2) is 0 Å². The summed E-state index contributed by atoms with van der Waals surface area (Å²) in [6.07, 6.45) is 4.12. The maximum atomic E-state index is 13.4. The minimum absolute atomic E-state index is 0.00456. The molecule has 0 aliphatic heterocycles. The van der Waals surface area contributed by atoms with Gasteiger partial charge < -0.3 is 19.1 Å². The fourth-order valence-electron chi connectivity index (χ4n) is 3.72. The van der Waals surface area contributed by atoms with Gasteiger partial charge in [-0.05, 0) is 49.9 Å². The molecule has 1 heterocycles. The molecule has 0 radical (unpaired) electrons. The maximum Gasteiger partial charge on any atom is 0.242 e. The van der Waals surface area contributed by atoms with Gasteiger partial charge in [-0.25, -0.2) is 0 Å². The number of carbonyl (C=O) groups is 2. The van der Waals surface area contributed by atoms with Crippen molar-refractivity contribution in [1.29, 1.82) is 0 Å². The van der Waals surface area contributed by atoms with Crippen molar-refractivity contribution in [1.82, 2.24) is 14.4 Å². The summed E-state index contributed by atoms with van der Waals surface area (Å²) in [4.78, 5) is 29.4. The van der Waals surface area contributed by atoms with Crippen molar-refractivity contribution in [3.63, 3.8) is 0 Å². The summed E-state index contributed by atoms with van der Waals surface area (Å²) in [6, 6.07) is 12.6. The largest absolute Gasteiger partial charge is 0.383 e. The SMILES string of the molecule is CCCC(=O)N(CCOC)CC(=O)N(Cc1cccn1Cc1ccccc1C)C(C)CC. The molecule has 1 unspecified atom stereocenters. The lowest BCUT2D eigenvalue weighted by Crippen LogP contribution is -2.46.